The second-order valence-electron chi connectivity index (χ2n) is 7.38. The van der Waals surface area contributed by atoms with Gasteiger partial charge in [0.25, 0.3) is 0 Å². The summed E-state index contributed by atoms with van der Waals surface area (Å²) < 4.78 is 1.92. The van der Waals surface area contributed by atoms with Gasteiger partial charge >= 0.3 is 0 Å². The third kappa shape index (κ3) is 3.86. The molecule has 4 heteroatoms. The molecule has 0 aliphatic carbocycles. The monoisotopic (exact) mass is 326 g/mol. The van der Waals surface area contributed by atoms with Gasteiger partial charge in [-0.05, 0) is 49.4 Å². The Morgan fingerprint density at radius 3 is 2.62 bits per heavy atom. The van der Waals surface area contributed by atoms with Gasteiger partial charge in [0.2, 0.25) is 0 Å². The number of aromatic nitrogens is 3. The van der Waals surface area contributed by atoms with Crippen molar-refractivity contribution in [2.75, 3.05) is 13.1 Å². The van der Waals surface area contributed by atoms with Crippen molar-refractivity contribution in [1.29, 1.82) is 0 Å². The normalized spacial score (nSPS) is 16.9. The van der Waals surface area contributed by atoms with Crippen LogP contribution in [-0.4, -0.2) is 32.8 Å². The van der Waals surface area contributed by atoms with E-state index in [4.69, 9.17) is 4.98 Å². The number of nitrogens with zero attached hydrogens (tertiary/aromatic N) is 4. The molecule has 130 valence electrons. The van der Waals surface area contributed by atoms with Crippen LogP contribution in [0.2, 0.25) is 0 Å². The Hall–Kier alpha value is -1.68. The van der Waals surface area contributed by atoms with Crippen LogP contribution < -0.4 is 0 Å². The molecule has 2 aromatic rings. The summed E-state index contributed by atoms with van der Waals surface area (Å²) in [5, 5.41) is 4.66. The molecule has 1 fully saturated rings. The molecule has 0 saturated carbocycles. The highest BCUT2D eigenvalue weighted by Crippen LogP contribution is 2.24. The second-order valence-corrected chi connectivity index (χ2v) is 7.38. The summed E-state index contributed by atoms with van der Waals surface area (Å²) >= 11 is 0. The minimum atomic E-state index is 0.525. The highest BCUT2D eigenvalue weighted by molar-refractivity contribution is 5.56. The van der Waals surface area contributed by atoms with Crippen LogP contribution in [0.5, 0.6) is 0 Å². The molecule has 2 heterocycles. The first-order valence-corrected chi connectivity index (χ1v) is 9.29. The van der Waals surface area contributed by atoms with Crippen LogP contribution in [0.3, 0.4) is 0 Å². The smallest absolute Gasteiger partial charge is 0.165 e. The van der Waals surface area contributed by atoms with Crippen LogP contribution in [0.25, 0.3) is 11.4 Å². The molecule has 24 heavy (non-hydrogen) atoms. The lowest BCUT2D eigenvalue weighted by molar-refractivity contribution is 0.171. The van der Waals surface area contributed by atoms with Gasteiger partial charge in [-0.2, -0.15) is 5.10 Å². The van der Waals surface area contributed by atoms with Crippen LogP contribution in [0, 0.1) is 5.92 Å². The molecular formula is C20H30N4. The number of piperidine rings is 1. The maximum absolute atomic E-state index is 4.82. The summed E-state index contributed by atoms with van der Waals surface area (Å²) in [5.74, 6) is 3.35. The van der Waals surface area contributed by atoms with Crippen molar-refractivity contribution in [2.45, 2.75) is 52.5 Å². The van der Waals surface area contributed by atoms with Crippen molar-refractivity contribution in [2.24, 2.45) is 13.0 Å². The first-order chi connectivity index (χ1) is 11.6. The summed E-state index contributed by atoms with van der Waals surface area (Å²) in [4.78, 5) is 7.32. The Morgan fingerprint density at radius 2 is 1.96 bits per heavy atom. The molecule has 1 aromatic carbocycles. The lowest BCUT2D eigenvalue weighted by atomic mass is 9.94. The summed E-state index contributed by atoms with van der Waals surface area (Å²) in [6.45, 7) is 9.97. The van der Waals surface area contributed by atoms with Crippen LogP contribution in [0.1, 0.15) is 57.3 Å². The van der Waals surface area contributed by atoms with E-state index in [2.05, 4.69) is 55.0 Å². The third-order valence-corrected chi connectivity index (χ3v) is 5.27. The molecule has 1 aromatic heterocycles. The summed E-state index contributed by atoms with van der Waals surface area (Å²) in [6.07, 6.45) is 3.94. The number of aryl methyl sites for hydroxylation is 1. The van der Waals surface area contributed by atoms with Crippen molar-refractivity contribution in [1.82, 2.24) is 19.7 Å². The van der Waals surface area contributed by atoms with Crippen LogP contribution in [0.15, 0.2) is 24.3 Å². The fourth-order valence-corrected chi connectivity index (χ4v) is 3.55. The minimum Gasteiger partial charge on any atom is -0.296 e. The third-order valence-electron chi connectivity index (χ3n) is 5.27. The molecule has 1 saturated heterocycles. The van der Waals surface area contributed by atoms with E-state index in [1.54, 1.807) is 0 Å². The standard InChI is InChI=1S/C20H30N4/c1-5-16-9-11-24(12-10-16)14-19-21-20(23(4)22-19)18-8-6-7-17(13-18)15(2)3/h6-8,13,15-16H,5,9-12,14H2,1-4H3. The average molecular weight is 326 g/mol. The molecule has 0 atom stereocenters. The van der Waals surface area contributed by atoms with Crippen LogP contribution in [0.4, 0.5) is 0 Å². The Morgan fingerprint density at radius 1 is 1.21 bits per heavy atom. The van der Waals surface area contributed by atoms with Gasteiger partial charge in [-0.1, -0.05) is 45.4 Å². The van der Waals surface area contributed by atoms with E-state index in [1.165, 1.54) is 37.9 Å². The lowest BCUT2D eigenvalue weighted by Gasteiger charge is -2.30. The number of benzene rings is 1. The van der Waals surface area contributed by atoms with E-state index >= 15 is 0 Å². The number of rotatable bonds is 5. The van der Waals surface area contributed by atoms with Gasteiger partial charge in [0, 0.05) is 12.6 Å². The molecule has 0 amide bonds. The first-order valence-electron chi connectivity index (χ1n) is 9.29. The molecule has 0 N–H and O–H groups in total. The molecule has 1 aliphatic heterocycles. The Bertz CT molecular complexity index is 666. The lowest BCUT2D eigenvalue weighted by Crippen LogP contribution is -2.33. The molecule has 0 radical (unpaired) electrons. The van der Waals surface area contributed by atoms with Gasteiger partial charge in [0.15, 0.2) is 11.6 Å². The maximum atomic E-state index is 4.82. The van der Waals surface area contributed by atoms with Crippen molar-refractivity contribution in [3.05, 3.63) is 35.7 Å². The van der Waals surface area contributed by atoms with E-state index in [0.717, 1.165) is 29.7 Å². The van der Waals surface area contributed by atoms with Crippen molar-refractivity contribution in [3.63, 3.8) is 0 Å². The average Bonchev–Trinajstić information content (AvgIpc) is 2.96. The fraction of sp³-hybridized carbons (Fsp3) is 0.600. The number of likely N-dealkylation sites (tertiary alicyclic amines) is 1. The van der Waals surface area contributed by atoms with E-state index in [0.29, 0.717) is 5.92 Å². The zero-order valence-corrected chi connectivity index (χ0v) is 15.5. The molecule has 3 rings (SSSR count). The number of hydrogen-bond acceptors (Lipinski definition) is 3. The topological polar surface area (TPSA) is 34.0 Å². The molecular weight excluding hydrogens is 296 g/mol. The number of hydrogen-bond donors (Lipinski definition) is 0. The summed E-state index contributed by atoms with van der Waals surface area (Å²) in [5.41, 5.74) is 2.51. The Balaban J connectivity index is 1.72. The van der Waals surface area contributed by atoms with Gasteiger partial charge in [-0.3, -0.25) is 4.90 Å². The molecule has 0 spiro atoms. The van der Waals surface area contributed by atoms with E-state index in [1.807, 2.05) is 11.7 Å². The largest absolute Gasteiger partial charge is 0.296 e. The highest BCUT2D eigenvalue weighted by atomic mass is 15.3. The Kier molecular flexibility index (Phi) is 5.34. The van der Waals surface area contributed by atoms with E-state index in [9.17, 15) is 0 Å². The highest BCUT2D eigenvalue weighted by Gasteiger charge is 2.20. The zero-order chi connectivity index (χ0) is 17.1. The van der Waals surface area contributed by atoms with Crippen molar-refractivity contribution < 1.29 is 0 Å². The van der Waals surface area contributed by atoms with E-state index < -0.39 is 0 Å². The Labute approximate surface area is 145 Å². The molecule has 1 aliphatic rings. The van der Waals surface area contributed by atoms with Gasteiger partial charge in [0.05, 0.1) is 6.54 Å². The van der Waals surface area contributed by atoms with Crippen LogP contribution >= 0.6 is 0 Å². The quantitative estimate of drug-likeness (QED) is 0.824. The minimum absolute atomic E-state index is 0.525. The van der Waals surface area contributed by atoms with Crippen LogP contribution in [-0.2, 0) is 13.6 Å². The molecule has 0 unspecified atom stereocenters. The SMILES string of the molecule is CCC1CCN(Cc2nc(-c3cccc(C(C)C)c3)n(C)n2)CC1. The van der Waals surface area contributed by atoms with Gasteiger partial charge < -0.3 is 0 Å². The fourth-order valence-electron chi connectivity index (χ4n) is 3.55. The maximum Gasteiger partial charge on any atom is 0.165 e. The predicted octanol–water partition coefficient (Wildman–Crippen LogP) is 4.23. The van der Waals surface area contributed by atoms with E-state index in [-0.39, 0.29) is 0 Å². The zero-order valence-electron chi connectivity index (χ0n) is 15.5. The summed E-state index contributed by atoms with van der Waals surface area (Å²) in [7, 11) is 2.00. The molecule has 0 bridgehead atoms. The summed E-state index contributed by atoms with van der Waals surface area (Å²) in [6, 6.07) is 8.68. The van der Waals surface area contributed by atoms with Crippen molar-refractivity contribution in [3.8, 4) is 11.4 Å². The first kappa shape index (κ1) is 17.2. The second kappa shape index (κ2) is 7.47. The predicted molar refractivity (Wildman–Crippen MR) is 98.8 cm³/mol. The molecule has 4 nitrogen and oxygen atoms in total. The van der Waals surface area contributed by atoms with Gasteiger partial charge in [-0.15, -0.1) is 0 Å². The van der Waals surface area contributed by atoms with Gasteiger partial charge in [0.1, 0.15) is 0 Å². The van der Waals surface area contributed by atoms with Crippen molar-refractivity contribution >= 4 is 0 Å². The van der Waals surface area contributed by atoms with Gasteiger partial charge in [-0.25, -0.2) is 9.67 Å².